The van der Waals surface area contributed by atoms with E-state index in [0.29, 0.717) is 12.2 Å². The van der Waals surface area contributed by atoms with Crippen molar-refractivity contribution in [3.05, 3.63) is 44.5 Å². The summed E-state index contributed by atoms with van der Waals surface area (Å²) in [7, 11) is -8.74. The molecule has 0 saturated carbocycles. The first-order chi connectivity index (χ1) is 14.3. The Hall–Kier alpha value is -1.36. The zero-order chi connectivity index (χ0) is 23.6. The SMILES string of the molecule is CCCO[C@@H]1[C@H](OP(=O)(O)C(C)C)[C@@H](/C=C/P(=O)(O)O)O[C@H]1n1cc(C)c(=O)[nH]c1=O. The predicted octanol–water partition coefficient (Wildman–Crippen LogP) is 1.21. The second-order valence-corrected chi connectivity index (χ2v) is 11.3. The van der Waals surface area contributed by atoms with Crippen molar-refractivity contribution in [1.82, 2.24) is 9.55 Å². The average molecular weight is 482 g/mol. The summed E-state index contributed by atoms with van der Waals surface area (Å²) in [6.07, 6.45) is -1.94. The lowest BCUT2D eigenvalue weighted by Gasteiger charge is -2.27. The number of nitrogens with zero attached hydrogens (tertiary/aromatic N) is 1. The van der Waals surface area contributed by atoms with E-state index in [2.05, 4.69) is 4.98 Å². The first-order valence-corrected chi connectivity index (χ1v) is 12.9. The van der Waals surface area contributed by atoms with Gasteiger partial charge >= 0.3 is 20.9 Å². The zero-order valence-corrected chi connectivity index (χ0v) is 19.4. The molecular weight excluding hydrogens is 454 g/mol. The summed E-state index contributed by atoms with van der Waals surface area (Å²) < 4.78 is 42.0. The molecule has 1 aromatic heterocycles. The van der Waals surface area contributed by atoms with E-state index in [1.54, 1.807) is 0 Å². The quantitative estimate of drug-likeness (QED) is 0.374. The minimum Gasteiger partial charge on any atom is -0.371 e. The highest BCUT2D eigenvalue weighted by atomic mass is 31.2. The van der Waals surface area contributed by atoms with Crippen LogP contribution in [0.1, 0.15) is 39.0 Å². The van der Waals surface area contributed by atoms with E-state index in [9.17, 15) is 33.4 Å². The van der Waals surface area contributed by atoms with E-state index in [0.717, 1.165) is 10.6 Å². The molecule has 12 nitrogen and oxygen atoms in total. The van der Waals surface area contributed by atoms with E-state index >= 15 is 0 Å². The molecule has 0 bridgehead atoms. The Kier molecular flexibility index (Phi) is 8.40. The second-order valence-electron chi connectivity index (χ2n) is 7.46. The van der Waals surface area contributed by atoms with Crippen molar-refractivity contribution in [3.8, 4) is 0 Å². The Bertz CT molecular complexity index is 1010. The van der Waals surface area contributed by atoms with Gasteiger partial charge in [-0.25, -0.2) is 4.79 Å². The Balaban J connectivity index is 2.57. The van der Waals surface area contributed by atoms with Crippen LogP contribution in [0.25, 0.3) is 0 Å². The highest BCUT2D eigenvalue weighted by Crippen LogP contribution is 2.52. The van der Waals surface area contributed by atoms with Crippen molar-refractivity contribution >= 4 is 15.2 Å². The lowest BCUT2D eigenvalue weighted by molar-refractivity contribution is -0.0665. The number of nitrogens with one attached hydrogen (secondary N) is 1. The molecule has 1 saturated heterocycles. The van der Waals surface area contributed by atoms with Crippen molar-refractivity contribution in [2.45, 2.75) is 64.3 Å². The minimum absolute atomic E-state index is 0.188. The molecule has 0 aromatic carbocycles. The van der Waals surface area contributed by atoms with Crippen LogP contribution in [0, 0.1) is 6.92 Å². The van der Waals surface area contributed by atoms with Crippen LogP contribution in [0.15, 0.2) is 27.7 Å². The summed E-state index contributed by atoms with van der Waals surface area (Å²) in [5.41, 5.74) is -1.96. The summed E-state index contributed by atoms with van der Waals surface area (Å²) in [6, 6.07) is 0. The molecule has 2 rings (SSSR count). The molecule has 1 aliphatic heterocycles. The molecule has 1 unspecified atom stereocenters. The fourth-order valence-electron chi connectivity index (χ4n) is 2.86. The number of aromatic amines is 1. The molecule has 0 aliphatic carbocycles. The van der Waals surface area contributed by atoms with Crippen LogP contribution in [-0.2, 0) is 23.1 Å². The van der Waals surface area contributed by atoms with Crippen LogP contribution in [0.2, 0.25) is 0 Å². The topological polar surface area (TPSA) is 177 Å². The lowest BCUT2D eigenvalue weighted by atomic mass is 10.1. The number of aryl methyl sites for hydroxylation is 1. The maximum absolute atomic E-state index is 12.6. The number of hydrogen-bond acceptors (Lipinski definition) is 7. The standard InChI is InChI=1S/C17H28N2O10P2/c1-5-7-27-14-13(29-31(25,26)10(2)3)12(6-8-30(22,23)24)28-16(14)19-9-11(4)15(20)18-17(19)21/h6,8-10,12-14,16H,5,7H2,1-4H3,(H,25,26)(H,18,20,21)(H2,22,23,24)/b8-6+/t12-,13-,14-,16-/m1/s1. The summed E-state index contributed by atoms with van der Waals surface area (Å²) in [4.78, 5) is 54.9. The van der Waals surface area contributed by atoms with Crippen LogP contribution in [0.3, 0.4) is 0 Å². The fourth-order valence-corrected chi connectivity index (χ4v) is 4.09. The van der Waals surface area contributed by atoms with E-state index in [1.165, 1.54) is 27.0 Å². The number of H-pyrrole nitrogens is 1. The van der Waals surface area contributed by atoms with Gasteiger partial charge in [-0.05, 0) is 19.4 Å². The zero-order valence-electron chi connectivity index (χ0n) is 17.6. The van der Waals surface area contributed by atoms with Crippen molar-refractivity contribution in [3.63, 3.8) is 0 Å². The van der Waals surface area contributed by atoms with Gasteiger partial charge in [0.1, 0.15) is 18.3 Å². The van der Waals surface area contributed by atoms with Gasteiger partial charge in [0.05, 0.1) is 5.66 Å². The van der Waals surface area contributed by atoms with Crippen LogP contribution in [0.5, 0.6) is 0 Å². The average Bonchev–Trinajstić information content (AvgIpc) is 2.97. The molecule has 0 spiro atoms. The number of ether oxygens (including phenoxy) is 2. The summed E-state index contributed by atoms with van der Waals surface area (Å²) in [5.74, 6) is 0.589. The largest absolute Gasteiger partial charge is 0.371 e. The third kappa shape index (κ3) is 6.57. The fraction of sp³-hybridized carbons (Fsp3) is 0.647. The highest BCUT2D eigenvalue weighted by molar-refractivity contribution is 7.55. The number of rotatable bonds is 9. The van der Waals surface area contributed by atoms with Crippen LogP contribution in [-0.4, -0.2) is 54.8 Å². The third-order valence-electron chi connectivity index (χ3n) is 4.55. The molecule has 176 valence electrons. The first-order valence-electron chi connectivity index (χ1n) is 9.61. The van der Waals surface area contributed by atoms with Gasteiger partial charge in [0.25, 0.3) is 5.56 Å². The molecule has 1 aromatic rings. The van der Waals surface area contributed by atoms with Gasteiger partial charge in [-0.2, -0.15) is 0 Å². The second kappa shape index (κ2) is 10.1. The van der Waals surface area contributed by atoms with Gasteiger partial charge in [-0.1, -0.05) is 20.8 Å². The predicted molar refractivity (Wildman–Crippen MR) is 111 cm³/mol. The van der Waals surface area contributed by atoms with Gasteiger partial charge in [-0.15, -0.1) is 0 Å². The molecule has 0 amide bonds. The van der Waals surface area contributed by atoms with Crippen LogP contribution in [0.4, 0.5) is 0 Å². The number of hydrogen-bond donors (Lipinski definition) is 4. The van der Waals surface area contributed by atoms with E-state index in [4.69, 9.17) is 14.0 Å². The lowest BCUT2D eigenvalue weighted by Crippen LogP contribution is -2.40. The molecule has 1 fully saturated rings. The maximum atomic E-state index is 12.6. The Morgan fingerprint density at radius 2 is 1.90 bits per heavy atom. The highest BCUT2D eigenvalue weighted by Gasteiger charge is 2.50. The van der Waals surface area contributed by atoms with Crippen molar-refractivity contribution < 1.29 is 37.8 Å². The van der Waals surface area contributed by atoms with E-state index < -0.39 is 56.6 Å². The van der Waals surface area contributed by atoms with Gasteiger partial charge in [0, 0.05) is 24.2 Å². The summed E-state index contributed by atoms with van der Waals surface area (Å²) in [5, 5.41) is 0. The smallest absolute Gasteiger partial charge is 0.348 e. The van der Waals surface area contributed by atoms with Gasteiger partial charge in [0.2, 0.25) is 0 Å². The first kappa shape index (κ1) is 25.9. The molecule has 0 radical (unpaired) electrons. The Morgan fingerprint density at radius 1 is 1.26 bits per heavy atom. The van der Waals surface area contributed by atoms with Gasteiger partial charge < -0.3 is 24.2 Å². The van der Waals surface area contributed by atoms with Crippen LogP contribution < -0.4 is 11.2 Å². The summed E-state index contributed by atoms with van der Waals surface area (Å²) in [6.45, 7) is 6.45. The molecule has 1 aliphatic rings. The molecule has 5 atom stereocenters. The molecule has 14 heteroatoms. The van der Waals surface area contributed by atoms with Gasteiger partial charge in [-0.3, -0.25) is 28.0 Å². The van der Waals surface area contributed by atoms with Gasteiger partial charge in [0.15, 0.2) is 6.23 Å². The van der Waals surface area contributed by atoms with Crippen molar-refractivity contribution in [2.24, 2.45) is 0 Å². The maximum Gasteiger partial charge on any atom is 0.348 e. The van der Waals surface area contributed by atoms with E-state index in [1.807, 2.05) is 6.92 Å². The molecule has 2 heterocycles. The van der Waals surface area contributed by atoms with Crippen LogP contribution >= 0.6 is 15.2 Å². The number of aromatic nitrogens is 2. The third-order valence-corrected chi connectivity index (χ3v) is 6.97. The normalized spacial score (nSPS) is 26.6. The Labute approximate surface area is 178 Å². The molecular formula is C17H28N2O10P2. The Morgan fingerprint density at radius 3 is 2.45 bits per heavy atom. The molecule has 31 heavy (non-hydrogen) atoms. The van der Waals surface area contributed by atoms with E-state index in [-0.39, 0.29) is 12.2 Å². The van der Waals surface area contributed by atoms with Crippen molar-refractivity contribution in [1.29, 1.82) is 0 Å². The monoisotopic (exact) mass is 482 g/mol. The minimum atomic E-state index is -4.58. The van der Waals surface area contributed by atoms with Crippen molar-refractivity contribution in [2.75, 3.05) is 6.61 Å². The summed E-state index contributed by atoms with van der Waals surface area (Å²) >= 11 is 0. The molecule has 4 N–H and O–H groups in total.